The molecule has 1 fully saturated rings. The van der Waals surface area contributed by atoms with Crippen molar-refractivity contribution in [2.45, 2.75) is 0 Å². The van der Waals surface area contributed by atoms with Gasteiger partial charge in [-0.05, 0) is 7.05 Å². The highest BCUT2D eigenvalue weighted by Crippen LogP contribution is 2.04. The normalized spacial score (nSPS) is 30.3. The first-order valence-corrected chi connectivity index (χ1v) is 3.16. The maximum Gasteiger partial charge on any atom is 0.0656 e. The fourth-order valence-electron chi connectivity index (χ4n) is 0.863. The monoisotopic (exact) mass is 169 g/mol. The van der Waals surface area contributed by atoms with Crippen LogP contribution >= 0.6 is 11.6 Å². The average molecular weight is 170 g/mol. The molecule has 1 atom stereocenters. The highest BCUT2D eigenvalue weighted by atomic mass is 35.5. The summed E-state index contributed by atoms with van der Waals surface area (Å²) in [6.07, 6.45) is 0. The fourth-order valence-corrected chi connectivity index (χ4v) is 1.04. The van der Waals surface area contributed by atoms with Crippen LogP contribution in [0, 0.1) is 5.62 Å². The fraction of sp³-hybridized carbons (Fsp3) is 0.800. The Labute approximate surface area is 67.2 Å². The zero-order valence-corrected chi connectivity index (χ0v) is 7.13. The molecule has 0 aromatic heterocycles. The number of hydrogen-bond acceptors (Lipinski definition) is 1. The molecule has 1 N–H and O–H groups in total. The van der Waals surface area contributed by atoms with E-state index in [1.54, 1.807) is 0 Å². The lowest BCUT2D eigenvalue weighted by Crippen LogP contribution is -3.07. The zero-order chi connectivity index (χ0) is 6.15. The largest absolute Gasteiger partial charge is 1.00 e. The highest BCUT2D eigenvalue weighted by molar-refractivity contribution is 6.25. The van der Waals surface area contributed by atoms with Gasteiger partial charge in [0.1, 0.15) is 0 Å². The quantitative estimate of drug-likeness (QED) is 0.289. The third-order valence-corrected chi connectivity index (χ3v) is 2.12. The molecule has 1 rings (SSSR count). The number of quaternary nitrogens is 1. The lowest BCUT2D eigenvalue weighted by molar-refractivity contribution is -0.847. The molecule has 1 aliphatic heterocycles. The highest BCUT2D eigenvalue weighted by Gasteiger charge is 2.15. The van der Waals surface area contributed by atoms with Crippen molar-refractivity contribution in [1.82, 2.24) is 4.90 Å². The predicted molar refractivity (Wildman–Crippen MR) is 33.5 cm³/mol. The molecule has 0 saturated carbocycles. The van der Waals surface area contributed by atoms with Gasteiger partial charge in [0, 0.05) is 19.2 Å². The van der Waals surface area contributed by atoms with Crippen LogP contribution in [0.1, 0.15) is 0 Å². The number of nitrogens with zero attached hydrogens (tertiary/aromatic N) is 1. The molecule has 0 amide bonds. The van der Waals surface area contributed by atoms with E-state index in [-0.39, 0.29) is 12.4 Å². The van der Waals surface area contributed by atoms with E-state index in [1.165, 1.54) is 4.90 Å². The standard InChI is InChI=1S/C5H11ClN2.ClH/c1-7-3-4-8(2)5(7)6;/h7H,3-4H2,1-2H3;1H/p-1. The van der Waals surface area contributed by atoms with E-state index in [4.69, 9.17) is 11.6 Å². The minimum absolute atomic E-state index is 0. The number of hydrogen-bond donors (Lipinski definition) is 1. The van der Waals surface area contributed by atoms with E-state index < -0.39 is 0 Å². The van der Waals surface area contributed by atoms with Crippen LogP contribution in [0.2, 0.25) is 0 Å². The molecular weight excluding hydrogens is 159 g/mol. The lowest BCUT2D eigenvalue weighted by atomic mass is 10.6. The molecule has 4 heteroatoms. The average Bonchev–Trinajstić information content (AvgIpc) is 1.98. The molecule has 1 aliphatic rings. The Bertz CT molecular complexity index is 79.0. The van der Waals surface area contributed by atoms with Crippen molar-refractivity contribution in [2.24, 2.45) is 0 Å². The van der Waals surface area contributed by atoms with Gasteiger partial charge in [0.15, 0.2) is 0 Å². The maximum absolute atomic E-state index is 5.82. The van der Waals surface area contributed by atoms with Gasteiger partial charge in [-0.15, -0.1) is 0 Å². The molecule has 2 nitrogen and oxygen atoms in total. The van der Waals surface area contributed by atoms with Crippen molar-refractivity contribution in [3.63, 3.8) is 0 Å². The van der Waals surface area contributed by atoms with Crippen LogP contribution in [0.25, 0.3) is 0 Å². The van der Waals surface area contributed by atoms with Crippen molar-refractivity contribution in [3.8, 4) is 0 Å². The molecule has 56 valence electrons. The Morgan fingerprint density at radius 3 is 2.33 bits per heavy atom. The summed E-state index contributed by atoms with van der Waals surface area (Å²) < 4.78 is 0. The van der Waals surface area contributed by atoms with Gasteiger partial charge in [-0.25, -0.2) is 0 Å². The maximum atomic E-state index is 5.82. The van der Waals surface area contributed by atoms with E-state index in [2.05, 4.69) is 11.9 Å². The first kappa shape index (κ1) is 9.50. The smallest absolute Gasteiger partial charge is 0.0656 e. The van der Waals surface area contributed by atoms with Gasteiger partial charge >= 0.3 is 0 Å². The van der Waals surface area contributed by atoms with Crippen molar-refractivity contribution < 1.29 is 17.3 Å². The Hall–Kier alpha value is 0.500. The van der Waals surface area contributed by atoms with Gasteiger partial charge in [0.25, 0.3) is 0 Å². The van der Waals surface area contributed by atoms with E-state index in [1.807, 2.05) is 7.05 Å². The number of halogens is 2. The summed E-state index contributed by atoms with van der Waals surface area (Å²) in [6, 6.07) is 0. The second-order valence-electron chi connectivity index (χ2n) is 2.24. The van der Waals surface area contributed by atoms with E-state index in [0.717, 1.165) is 18.7 Å². The SMILES string of the molecule is CN1CC[NH+](C)[C-]1Cl.[Cl-]. The third kappa shape index (κ3) is 1.97. The summed E-state index contributed by atoms with van der Waals surface area (Å²) in [4.78, 5) is 3.38. The molecule has 9 heavy (non-hydrogen) atoms. The predicted octanol–water partition coefficient (Wildman–Crippen LogP) is -3.86. The van der Waals surface area contributed by atoms with Crippen molar-refractivity contribution >= 4 is 11.6 Å². The molecule has 0 aromatic rings. The summed E-state index contributed by atoms with van der Waals surface area (Å²) in [5.41, 5.74) is 0.935. The van der Waals surface area contributed by atoms with Crippen LogP contribution in [-0.2, 0) is 0 Å². The van der Waals surface area contributed by atoms with Gasteiger partial charge < -0.3 is 22.2 Å². The van der Waals surface area contributed by atoms with E-state index in [9.17, 15) is 0 Å². The first-order valence-electron chi connectivity index (χ1n) is 2.78. The molecule has 0 bridgehead atoms. The Balaban J connectivity index is 0.000000640. The van der Waals surface area contributed by atoms with Crippen molar-refractivity contribution in [2.75, 3.05) is 27.2 Å². The summed E-state index contributed by atoms with van der Waals surface area (Å²) in [6.45, 7) is 2.22. The molecule has 0 radical (unpaired) electrons. The summed E-state index contributed by atoms with van der Waals surface area (Å²) in [5, 5.41) is 0. The molecule has 0 aliphatic carbocycles. The van der Waals surface area contributed by atoms with E-state index >= 15 is 0 Å². The molecule has 0 aromatic carbocycles. The van der Waals surface area contributed by atoms with Crippen molar-refractivity contribution in [3.05, 3.63) is 5.62 Å². The molecule has 0 spiro atoms. The molecule has 1 saturated heterocycles. The van der Waals surface area contributed by atoms with Crippen LogP contribution < -0.4 is 17.3 Å². The lowest BCUT2D eigenvalue weighted by Gasteiger charge is -2.27. The number of nitrogens with one attached hydrogen (secondary N) is 1. The zero-order valence-electron chi connectivity index (χ0n) is 5.62. The second-order valence-corrected chi connectivity index (χ2v) is 2.60. The van der Waals surface area contributed by atoms with Crippen LogP contribution in [0.3, 0.4) is 0 Å². The van der Waals surface area contributed by atoms with Gasteiger partial charge in [0.05, 0.1) is 6.54 Å². The van der Waals surface area contributed by atoms with Crippen LogP contribution in [0.5, 0.6) is 0 Å². The van der Waals surface area contributed by atoms with E-state index in [0.29, 0.717) is 0 Å². The minimum Gasteiger partial charge on any atom is -1.00 e. The third-order valence-electron chi connectivity index (χ3n) is 1.51. The molecule has 1 unspecified atom stereocenters. The summed E-state index contributed by atoms with van der Waals surface area (Å²) >= 11 is 5.82. The number of rotatable bonds is 0. The molecular formula is C5H11Cl2N2-. The number of likely N-dealkylation sites (N-methyl/N-ethyl adjacent to an activating group) is 2. The first-order chi connectivity index (χ1) is 3.72. The van der Waals surface area contributed by atoms with Crippen LogP contribution in [0.4, 0.5) is 0 Å². The van der Waals surface area contributed by atoms with Gasteiger partial charge in [-0.1, -0.05) is 0 Å². The Morgan fingerprint density at radius 1 is 1.67 bits per heavy atom. The van der Waals surface area contributed by atoms with Crippen LogP contribution in [0.15, 0.2) is 0 Å². The molecule has 1 heterocycles. The summed E-state index contributed by atoms with van der Waals surface area (Å²) in [7, 11) is 4.09. The van der Waals surface area contributed by atoms with Crippen LogP contribution in [-0.4, -0.2) is 32.1 Å². The van der Waals surface area contributed by atoms with Gasteiger partial charge in [-0.3, -0.25) is 11.6 Å². The summed E-state index contributed by atoms with van der Waals surface area (Å²) in [5.74, 6) is 0. The minimum atomic E-state index is 0. The topological polar surface area (TPSA) is 7.68 Å². The second kappa shape index (κ2) is 3.62. The van der Waals surface area contributed by atoms with Gasteiger partial charge in [0.2, 0.25) is 0 Å². The van der Waals surface area contributed by atoms with Crippen molar-refractivity contribution in [1.29, 1.82) is 0 Å². The Kier molecular flexibility index (Phi) is 3.82. The van der Waals surface area contributed by atoms with Gasteiger partial charge in [-0.2, -0.15) is 0 Å². The Morgan fingerprint density at radius 2 is 2.22 bits per heavy atom.